The van der Waals surface area contributed by atoms with Crippen molar-refractivity contribution in [2.24, 2.45) is 0 Å². The molecule has 0 spiro atoms. The molecule has 1 aromatic carbocycles. The largest absolute Gasteiger partial charge is 0.247 e. The smallest absolute Gasteiger partial charge is 0.126 e. The lowest BCUT2D eigenvalue weighted by Crippen LogP contribution is -2.13. The summed E-state index contributed by atoms with van der Waals surface area (Å²) in [6, 6.07) is 5.40. The van der Waals surface area contributed by atoms with Crippen LogP contribution in [0.4, 0.5) is 8.78 Å². The number of alkyl halides is 1. The molecule has 1 saturated carbocycles. The highest BCUT2D eigenvalue weighted by molar-refractivity contribution is 5.26. The SMILES string of the molecule is Cc1ccc(C2CCC(F)CC2)cc1F. The van der Waals surface area contributed by atoms with Gasteiger partial charge in [-0.05, 0) is 55.7 Å². The lowest BCUT2D eigenvalue weighted by molar-refractivity contribution is 0.235. The van der Waals surface area contributed by atoms with E-state index >= 15 is 0 Å². The third kappa shape index (κ3) is 2.36. The third-order valence-corrected chi connectivity index (χ3v) is 3.32. The standard InChI is InChI=1S/C13H16F2/c1-9-2-3-11(8-13(9)15)10-4-6-12(14)7-5-10/h2-3,8,10,12H,4-7H2,1H3. The van der Waals surface area contributed by atoms with E-state index in [-0.39, 0.29) is 5.82 Å². The lowest BCUT2D eigenvalue weighted by Gasteiger charge is -2.24. The van der Waals surface area contributed by atoms with Gasteiger partial charge in [-0.3, -0.25) is 0 Å². The first kappa shape index (κ1) is 10.6. The zero-order valence-electron chi connectivity index (χ0n) is 8.97. The minimum Gasteiger partial charge on any atom is -0.247 e. The van der Waals surface area contributed by atoms with Gasteiger partial charge in [-0.1, -0.05) is 12.1 Å². The highest BCUT2D eigenvalue weighted by Crippen LogP contribution is 2.34. The number of hydrogen-bond donors (Lipinski definition) is 0. The molecule has 0 unspecified atom stereocenters. The van der Waals surface area contributed by atoms with E-state index in [1.54, 1.807) is 13.0 Å². The van der Waals surface area contributed by atoms with Gasteiger partial charge in [-0.2, -0.15) is 0 Å². The molecule has 0 amide bonds. The number of hydrogen-bond acceptors (Lipinski definition) is 0. The van der Waals surface area contributed by atoms with E-state index in [2.05, 4.69) is 0 Å². The fraction of sp³-hybridized carbons (Fsp3) is 0.538. The average molecular weight is 210 g/mol. The van der Waals surface area contributed by atoms with E-state index in [0.717, 1.165) is 18.4 Å². The summed E-state index contributed by atoms with van der Waals surface area (Å²) in [7, 11) is 0. The Hall–Kier alpha value is -0.920. The summed E-state index contributed by atoms with van der Waals surface area (Å²) in [5, 5.41) is 0. The molecule has 1 aliphatic carbocycles. The number of aryl methyl sites for hydroxylation is 1. The van der Waals surface area contributed by atoms with Gasteiger partial charge in [0.1, 0.15) is 12.0 Å². The monoisotopic (exact) mass is 210 g/mol. The van der Waals surface area contributed by atoms with Crippen LogP contribution in [-0.4, -0.2) is 6.17 Å². The Morgan fingerprint density at radius 3 is 2.40 bits per heavy atom. The van der Waals surface area contributed by atoms with Gasteiger partial charge in [0.05, 0.1) is 0 Å². The second-order valence-electron chi connectivity index (χ2n) is 4.46. The minimum absolute atomic E-state index is 0.144. The van der Waals surface area contributed by atoms with Crippen molar-refractivity contribution < 1.29 is 8.78 Å². The van der Waals surface area contributed by atoms with E-state index in [1.807, 2.05) is 12.1 Å². The number of rotatable bonds is 1. The van der Waals surface area contributed by atoms with Crippen molar-refractivity contribution in [2.45, 2.75) is 44.7 Å². The van der Waals surface area contributed by atoms with Gasteiger partial charge in [0, 0.05) is 0 Å². The molecule has 1 aliphatic rings. The normalized spacial score (nSPS) is 26.6. The molecule has 2 rings (SSSR count). The molecule has 0 saturated heterocycles. The van der Waals surface area contributed by atoms with Crippen LogP contribution in [0.5, 0.6) is 0 Å². The van der Waals surface area contributed by atoms with Gasteiger partial charge in [-0.25, -0.2) is 8.78 Å². The van der Waals surface area contributed by atoms with Crippen LogP contribution in [0.25, 0.3) is 0 Å². The van der Waals surface area contributed by atoms with Crippen molar-refractivity contribution >= 4 is 0 Å². The quantitative estimate of drug-likeness (QED) is 0.653. The zero-order chi connectivity index (χ0) is 10.8. The first-order valence-corrected chi connectivity index (χ1v) is 5.57. The van der Waals surface area contributed by atoms with E-state index in [9.17, 15) is 8.78 Å². The van der Waals surface area contributed by atoms with E-state index in [4.69, 9.17) is 0 Å². The van der Waals surface area contributed by atoms with Crippen molar-refractivity contribution in [1.29, 1.82) is 0 Å². The molecule has 0 aliphatic heterocycles. The molecular formula is C13H16F2. The van der Waals surface area contributed by atoms with Crippen molar-refractivity contribution in [1.82, 2.24) is 0 Å². The fourth-order valence-electron chi connectivity index (χ4n) is 2.25. The van der Waals surface area contributed by atoms with Gasteiger partial charge in [0.15, 0.2) is 0 Å². The highest BCUT2D eigenvalue weighted by atomic mass is 19.1. The van der Waals surface area contributed by atoms with Gasteiger partial charge in [-0.15, -0.1) is 0 Å². The summed E-state index contributed by atoms with van der Waals surface area (Å²) in [5.74, 6) is 0.210. The van der Waals surface area contributed by atoms with Crippen molar-refractivity contribution in [3.63, 3.8) is 0 Å². The Labute approximate surface area is 89.3 Å². The Bertz CT molecular complexity index is 338. The van der Waals surface area contributed by atoms with Crippen LogP contribution >= 0.6 is 0 Å². The first-order valence-electron chi connectivity index (χ1n) is 5.57. The Kier molecular flexibility index (Phi) is 3.03. The number of benzene rings is 1. The fourth-order valence-corrected chi connectivity index (χ4v) is 2.25. The second kappa shape index (κ2) is 4.30. The summed E-state index contributed by atoms with van der Waals surface area (Å²) < 4.78 is 26.3. The van der Waals surface area contributed by atoms with E-state index in [0.29, 0.717) is 24.3 Å². The van der Waals surface area contributed by atoms with E-state index < -0.39 is 6.17 Å². The molecule has 0 aromatic heterocycles. The lowest BCUT2D eigenvalue weighted by atomic mass is 9.83. The minimum atomic E-state index is -0.642. The molecule has 1 fully saturated rings. The summed E-state index contributed by atoms with van der Waals surface area (Å²) in [5.41, 5.74) is 1.71. The van der Waals surface area contributed by atoms with Crippen molar-refractivity contribution in [3.8, 4) is 0 Å². The highest BCUT2D eigenvalue weighted by Gasteiger charge is 2.22. The summed E-state index contributed by atoms with van der Waals surface area (Å²) in [6.07, 6.45) is 2.31. The molecule has 2 heteroatoms. The van der Waals surface area contributed by atoms with Crippen LogP contribution in [0.3, 0.4) is 0 Å². The zero-order valence-corrected chi connectivity index (χ0v) is 8.97. The van der Waals surface area contributed by atoms with Gasteiger partial charge in [0.25, 0.3) is 0 Å². The molecule has 0 bridgehead atoms. The second-order valence-corrected chi connectivity index (χ2v) is 4.46. The Morgan fingerprint density at radius 2 is 1.80 bits per heavy atom. The van der Waals surface area contributed by atoms with Crippen LogP contribution in [0.2, 0.25) is 0 Å². The van der Waals surface area contributed by atoms with Crippen molar-refractivity contribution in [2.75, 3.05) is 0 Å². The molecule has 1 aromatic rings. The molecule has 15 heavy (non-hydrogen) atoms. The summed E-state index contributed by atoms with van der Waals surface area (Å²) in [4.78, 5) is 0. The Morgan fingerprint density at radius 1 is 1.13 bits per heavy atom. The molecule has 82 valence electrons. The maximum Gasteiger partial charge on any atom is 0.126 e. The average Bonchev–Trinajstić information content (AvgIpc) is 2.23. The topological polar surface area (TPSA) is 0 Å². The van der Waals surface area contributed by atoms with Crippen LogP contribution in [0.15, 0.2) is 18.2 Å². The maximum absolute atomic E-state index is 13.3. The van der Waals surface area contributed by atoms with Crippen molar-refractivity contribution in [3.05, 3.63) is 35.1 Å². The van der Waals surface area contributed by atoms with Crippen LogP contribution in [-0.2, 0) is 0 Å². The Balaban J connectivity index is 2.12. The van der Waals surface area contributed by atoms with Gasteiger partial charge >= 0.3 is 0 Å². The number of halogens is 2. The molecule has 0 atom stereocenters. The third-order valence-electron chi connectivity index (χ3n) is 3.32. The van der Waals surface area contributed by atoms with Crippen LogP contribution < -0.4 is 0 Å². The summed E-state index contributed by atoms with van der Waals surface area (Å²) >= 11 is 0. The molecule has 0 nitrogen and oxygen atoms in total. The van der Waals surface area contributed by atoms with Gasteiger partial charge in [0.2, 0.25) is 0 Å². The predicted octanol–water partition coefficient (Wildman–Crippen LogP) is 4.13. The van der Waals surface area contributed by atoms with Gasteiger partial charge < -0.3 is 0 Å². The van der Waals surface area contributed by atoms with E-state index in [1.165, 1.54) is 0 Å². The molecule has 0 N–H and O–H groups in total. The predicted molar refractivity (Wildman–Crippen MR) is 57.2 cm³/mol. The first-order chi connectivity index (χ1) is 7.16. The molecule has 0 radical (unpaired) electrons. The molecular weight excluding hydrogens is 194 g/mol. The summed E-state index contributed by atoms with van der Waals surface area (Å²) in [6.45, 7) is 1.76. The molecule has 0 heterocycles. The maximum atomic E-state index is 13.3. The van der Waals surface area contributed by atoms with Crippen LogP contribution in [0.1, 0.15) is 42.7 Å². The van der Waals surface area contributed by atoms with Crippen LogP contribution in [0, 0.1) is 12.7 Å².